The zero-order valence-corrected chi connectivity index (χ0v) is 12.4. The lowest BCUT2D eigenvalue weighted by Crippen LogP contribution is -2.50. The number of nitrogens with one attached hydrogen (secondary N) is 1. The maximum atomic E-state index is 11.6. The average Bonchev–Trinajstić information content (AvgIpc) is 2.34. The number of methoxy groups -OCH3 is 1. The Hall–Kier alpha value is -0.700. The van der Waals surface area contributed by atoms with Crippen molar-refractivity contribution in [3.8, 4) is 0 Å². The van der Waals surface area contributed by atoms with Crippen LogP contribution in [-0.4, -0.2) is 83.4 Å². The fraction of sp³-hybridized carbons (Fsp3) is 0.909. The van der Waals surface area contributed by atoms with Crippen molar-refractivity contribution in [2.24, 2.45) is 0 Å². The second-order valence-electron chi connectivity index (χ2n) is 4.68. The maximum Gasteiger partial charge on any atom is 0.248 e. The average molecular weight is 293 g/mol. The lowest BCUT2D eigenvalue weighted by molar-refractivity contribution is -0.136. The molecule has 0 aromatic rings. The molecule has 112 valence electrons. The molecule has 0 aromatic carbocycles. The molecule has 0 atom stereocenters. The Labute approximate surface area is 114 Å². The molecule has 1 heterocycles. The maximum absolute atomic E-state index is 11.6. The standard InChI is InChI=1S/C11H23N3O4S/c1-18-10-11(15)14-8-6-13(7-9-14)5-3-4-12-19(2,16)17/h12H,3-10H2,1-2H3. The summed E-state index contributed by atoms with van der Waals surface area (Å²) >= 11 is 0. The molecule has 0 saturated carbocycles. The highest BCUT2D eigenvalue weighted by Crippen LogP contribution is 2.03. The molecule has 1 amide bonds. The van der Waals surface area contributed by atoms with E-state index in [1.807, 2.05) is 0 Å². The van der Waals surface area contributed by atoms with Gasteiger partial charge in [0.05, 0.1) is 6.26 Å². The highest BCUT2D eigenvalue weighted by Gasteiger charge is 2.20. The van der Waals surface area contributed by atoms with Gasteiger partial charge in [-0.3, -0.25) is 9.69 Å². The number of rotatable bonds is 7. The van der Waals surface area contributed by atoms with Crippen molar-refractivity contribution in [3.63, 3.8) is 0 Å². The molecule has 0 radical (unpaired) electrons. The molecule has 8 heteroatoms. The van der Waals surface area contributed by atoms with Crippen LogP contribution in [0, 0.1) is 0 Å². The van der Waals surface area contributed by atoms with Crippen molar-refractivity contribution >= 4 is 15.9 Å². The minimum absolute atomic E-state index is 0.0286. The number of ether oxygens (including phenoxy) is 1. The lowest BCUT2D eigenvalue weighted by atomic mass is 10.3. The molecular formula is C11H23N3O4S. The van der Waals surface area contributed by atoms with Gasteiger partial charge in [-0.1, -0.05) is 0 Å². The van der Waals surface area contributed by atoms with Crippen molar-refractivity contribution < 1.29 is 17.9 Å². The smallest absolute Gasteiger partial charge is 0.248 e. The number of hydrogen-bond acceptors (Lipinski definition) is 5. The Morgan fingerprint density at radius 2 is 1.89 bits per heavy atom. The third-order valence-corrected chi connectivity index (χ3v) is 3.74. The van der Waals surface area contributed by atoms with Crippen LogP contribution in [-0.2, 0) is 19.6 Å². The summed E-state index contributed by atoms with van der Waals surface area (Å²) in [5.41, 5.74) is 0. The van der Waals surface area contributed by atoms with Gasteiger partial charge in [-0.2, -0.15) is 0 Å². The number of hydrogen-bond donors (Lipinski definition) is 1. The van der Waals surface area contributed by atoms with E-state index in [0.29, 0.717) is 19.6 Å². The van der Waals surface area contributed by atoms with E-state index < -0.39 is 10.0 Å². The van der Waals surface area contributed by atoms with E-state index in [4.69, 9.17) is 4.74 Å². The van der Waals surface area contributed by atoms with Gasteiger partial charge in [0.25, 0.3) is 0 Å². The Bertz CT molecular complexity index is 377. The van der Waals surface area contributed by atoms with E-state index in [1.54, 1.807) is 4.90 Å². The second kappa shape index (κ2) is 7.78. The van der Waals surface area contributed by atoms with Gasteiger partial charge in [0.15, 0.2) is 0 Å². The van der Waals surface area contributed by atoms with Crippen molar-refractivity contribution in [1.29, 1.82) is 0 Å². The van der Waals surface area contributed by atoms with Crippen LogP contribution in [0.3, 0.4) is 0 Å². The minimum Gasteiger partial charge on any atom is -0.375 e. The van der Waals surface area contributed by atoms with E-state index >= 15 is 0 Å². The topological polar surface area (TPSA) is 79.0 Å². The predicted octanol–water partition coefficient (Wildman–Crippen LogP) is -1.28. The molecule has 1 aliphatic rings. The number of sulfonamides is 1. The van der Waals surface area contributed by atoms with E-state index in [9.17, 15) is 13.2 Å². The third kappa shape index (κ3) is 6.86. The van der Waals surface area contributed by atoms with Gasteiger partial charge in [-0.05, 0) is 13.0 Å². The Morgan fingerprint density at radius 1 is 1.26 bits per heavy atom. The molecule has 7 nitrogen and oxygen atoms in total. The van der Waals surface area contributed by atoms with Crippen molar-refractivity contribution in [1.82, 2.24) is 14.5 Å². The van der Waals surface area contributed by atoms with Crippen LogP contribution in [0.2, 0.25) is 0 Å². The van der Waals surface area contributed by atoms with Crippen LogP contribution >= 0.6 is 0 Å². The molecule has 1 aliphatic heterocycles. The Balaban J connectivity index is 2.15. The molecular weight excluding hydrogens is 270 g/mol. The van der Waals surface area contributed by atoms with E-state index in [2.05, 4.69) is 9.62 Å². The predicted molar refractivity (Wildman–Crippen MR) is 72.4 cm³/mol. The first-order chi connectivity index (χ1) is 8.92. The molecule has 0 aromatic heterocycles. The summed E-state index contributed by atoms with van der Waals surface area (Å²) in [6.45, 7) is 4.51. The van der Waals surface area contributed by atoms with Gasteiger partial charge in [0.2, 0.25) is 15.9 Å². The molecule has 0 unspecified atom stereocenters. The van der Waals surface area contributed by atoms with Gasteiger partial charge in [0.1, 0.15) is 6.61 Å². The highest BCUT2D eigenvalue weighted by molar-refractivity contribution is 7.88. The van der Waals surface area contributed by atoms with Crippen LogP contribution in [0.4, 0.5) is 0 Å². The zero-order valence-electron chi connectivity index (χ0n) is 11.6. The number of nitrogens with zero attached hydrogens (tertiary/aromatic N) is 2. The molecule has 0 spiro atoms. The summed E-state index contributed by atoms with van der Waals surface area (Å²) in [6, 6.07) is 0. The SMILES string of the molecule is COCC(=O)N1CCN(CCCNS(C)(=O)=O)CC1. The van der Waals surface area contributed by atoms with Crippen LogP contribution in [0.25, 0.3) is 0 Å². The lowest BCUT2D eigenvalue weighted by Gasteiger charge is -2.34. The van der Waals surface area contributed by atoms with Crippen LogP contribution in [0.1, 0.15) is 6.42 Å². The van der Waals surface area contributed by atoms with Crippen molar-refractivity contribution in [2.45, 2.75) is 6.42 Å². The first-order valence-electron chi connectivity index (χ1n) is 6.36. The summed E-state index contributed by atoms with van der Waals surface area (Å²) in [6.07, 6.45) is 1.94. The third-order valence-electron chi connectivity index (χ3n) is 3.01. The fourth-order valence-corrected chi connectivity index (χ4v) is 2.51. The molecule has 19 heavy (non-hydrogen) atoms. The molecule has 0 aliphatic carbocycles. The first-order valence-corrected chi connectivity index (χ1v) is 8.25. The van der Waals surface area contributed by atoms with Gasteiger partial charge in [-0.15, -0.1) is 0 Å². The summed E-state index contributed by atoms with van der Waals surface area (Å²) < 4.78 is 29.1. The monoisotopic (exact) mass is 293 g/mol. The number of carbonyl (C=O) groups is 1. The largest absolute Gasteiger partial charge is 0.375 e. The van der Waals surface area contributed by atoms with E-state index in [-0.39, 0.29) is 12.5 Å². The second-order valence-corrected chi connectivity index (χ2v) is 6.51. The molecule has 0 bridgehead atoms. The van der Waals surface area contributed by atoms with Crippen molar-refractivity contribution in [2.75, 3.05) is 59.2 Å². The van der Waals surface area contributed by atoms with Gasteiger partial charge >= 0.3 is 0 Å². The Kier molecular flexibility index (Phi) is 6.70. The number of piperazine rings is 1. The van der Waals surface area contributed by atoms with Gasteiger partial charge in [-0.25, -0.2) is 13.1 Å². The van der Waals surface area contributed by atoms with Crippen molar-refractivity contribution in [3.05, 3.63) is 0 Å². The van der Waals surface area contributed by atoms with E-state index in [0.717, 1.165) is 32.3 Å². The molecule has 1 rings (SSSR count). The zero-order chi connectivity index (χ0) is 14.3. The summed E-state index contributed by atoms with van der Waals surface area (Å²) in [7, 11) is -1.57. The summed E-state index contributed by atoms with van der Waals surface area (Å²) in [5.74, 6) is 0.0286. The summed E-state index contributed by atoms with van der Waals surface area (Å²) in [5, 5.41) is 0. The summed E-state index contributed by atoms with van der Waals surface area (Å²) in [4.78, 5) is 15.6. The fourth-order valence-electron chi connectivity index (χ4n) is 2.00. The molecule has 1 fully saturated rings. The molecule has 1 N–H and O–H groups in total. The van der Waals surface area contributed by atoms with Crippen LogP contribution in [0.5, 0.6) is 0 Å². The quantitative estimate of drug-likeness (QED) is 0.591. The van der Waals surface area contributed by atoms with Gasteiger partial charge < -0.3 is 9.64 Å². The minimum atomic E-state index is -3.09. The van der Waals surface area contributed by atoms with Crippen LogP contribution in [0.15, 0.2) is 0 Å². The molecule has 1 saturated heterocycles. The van der Waals surface area contributed by atoms with Gasteiger partial charge in [0, 0.05) is 39.8 Å². The normalized spacial score (nSPS) is 17.7. The van der Waals surface area contributed by atoms with E-state index in [1.165, 1.54) is 7.11 Å². The first kappa shape index (κ1) is 16.4. The highest BCUT2D eigenvalue weighted by atomic mass is 32.2. The number of amides is 1. The number of carbonyl (C=O) groups excluding carboxylic acids is 1. The van der Waals surface area contributed by atoms with Crippen LogP contribution < -0.4 is 4.72 Å². The Morgan fingerprint density at radius 3 is 2.42 bits per heavy atom.